The Hall–Kier alpha value is -3.86. The Morgan fingerprint density at radius 3 is 2.08 bits per heavy atom. The maximum absolute atomic E-state index is 12.2. The molecule has 0 aliphatic carbocycles. The third-order valence-electron chi connectivity index (χ3n) is 11.0. The number of aliphatic hydroxyl groups is 1. The number of aryl methyl sites for hydroxylation is 1. The second-order valence-corrected chi connectivity index (χ2v) is 14.5. The fourth-order valence-electron chi connectivity index (χ4n) is 6.63. The number of aromatic nitrogens is 3. The molecule has 50 heavy (non-hydrogen) atoms. The van der Waals surface area contributed by atoms with Gasteiger partial charge in [0.25, 0.3) is 0 Å². The summed E-state index contributed by atoms with van der Waals surface area (Å²) in [4.78, 5) is 21.7. The third kappa shape index (κ3) is 7.57. The summed E-state index contributed by atoms with van der Waals surface area (Å²) in [7, 11) is 2.11. The second-order valence-electron chi connectivity index (χ2n) is 14.5. The molecule has 0 amide bonds. The Bertz CT molecular complexity index is 2150. The Balaban J connectivity index is 0.000000269. The van der Waals surface area contributed by atoms with Crippen molar-refractivity contribution in [3.05, 3.63) is 96.5 Å². The van der Waals surface area contributed by atoms with Crippen LogP contribution >= 0.6 is 0 Å². The molecule has 0 saturated heterocycles. The van der Waals surface area contributed by atoms with Crippen molar-refractivity contribution in [2.24, 2.45) is 23.8 Å². The van der Waals surface area contributed by atoms with E-state index in [1.54, 1.807) is 6.33 Å². The van der Waals surface area contributed by atoms with Gasteiger partial charge in [-0.1, -0.05) is 109 Å². The molecule has 6 heteroatoms. The van der Waals surface area contributed by atoms with E-state index in [0.29, 0.717) is 5.92 Å². The van der Waals surface area contributed by atoms with Crippen LogP contribution in [0, 0.1) is 22.8 Å². The first-order chi connectivity index (χ1) is 23.4. The number of hydrogen-bond acceptors (Lipinski definition) is 4. The van der Waals surface area contributed by atoms with Crippen LogP contribution in [0.25, 0.3) is 54.7 Å². The van der Waals surface area contributed by atoms with Gasteiger partial charge in [0.15, 0.2) is 5.78 Å². The zero-order valence-corrected chi connectivity index (χ0v) is 33.5. The summed E-state index contributed by atoms with van der Waals surface area (Å²) in [6.07, 6.45) is 7.47. The van der Waals surface area contributed by atoms with Crippen LogP contribution in [0.1, 0.15) is 86.6 Å². The average Bonchev–Trinajstić information content (AvgIpc) is 3.40. The van der Waals surface area contributed by atoms with Crippen molar-refractivity contribution in [3.63, 3.8) is 0 Å². The molecule has 2 aromatic heterocycles. The SMILES string of the molecule is CC(C)Cc1cc(-c2ncnc3c4cc5ccccc5cc4n(C)c23)[c-]c2ccccc12.CCC(C)(CC)C(=O)/C=C(\O)C(C)(CC)CC.[Ir]. The molecule has 0 saturated carbocycles. The van der Waals surface area contributed by atoms with Gasteiger partial charge in [-0.15, -0.1) is 29.1 Å². The van der Waals surface area contributed by atoms with Gasteiger partial charge in [-0.3, -0.25) is 9.78 Å². The van der Waals surface area contributed by atoms with Crippen molar-refractivity contribution in [2.45, 2.75) is 87.5 Å². The number of fused-ring (bicyclic) bond motifs is 5. The van der Waals surface area contributed by atoms with E-state index in [1.165, 1.54) is 33.3 Å². The number of nitrogens with zero attached hydrogens (tertiary/aromatic N) is 3. The van der Waals surface area contributed by atoms with Gasteiger partial charge in [-0.2, -0.15) is 0 Å². The van der Waals surface area contributed by atoms with E-state index < -0.39 is 0 Å². The maximum atomic E-state index is 12.2. The van der Waals surface area contributed by atoms with Crippen LogP contribution in [0.5, 0.6) is 0 Å². The number of hydrogen-bond donors (Lipinski definition) is 1. The predicted molar refractivity (Wildman–Crippen MR) is 207 cm³/mol. The molecular weight excluding hydrogens is 795 g/mol. The van der Waals surface area contributed by atoms with E-state index in [0.717, 1.165) is 65.2 Å². The number of ketones is 1. The molecule has 6 aromatic rings. The molecule has 0 aliphatic rings. The monoisotopic (exact) mass is 847 g/mol. The third-order valence-corrected chi connectivity index (χ3v) is 11.0. The normalized spacial score (nSPS) is 12.4. The Kier molecular flexibility index (Phi) is 12.5. The van der Waals surface area contributed by atoms with Crippen molar-refractivity contribution >= 4 is 49.3 Å². The van der Waals surface area contributed by atoms with Gasteiger partial charge in [0.2, 0.25) is 0 Å². The minimum absolute atomic E-state index is 0. The van der Waals surface area contributed by atoms with Crippen LogP contribution < -0.4 is 0 Å². The van der Waals surface area contributed by atoms with Crippen LogP contribution in [-0.4, -0.2) is 25.4 Å². The average molecular weight is 847 g/mol. The van der Waals surface area contributed by atoms with Gasteiger partial charge < -0.3 is 9.67 Å². The van der Waals surface area contributed by atoms with E-state index in [-0.39, 0.29) is 42.5 Å². The van der Waals surface area contributed by atoms with Gasteiger partial charge in [0.05, 0.1) is 16.6 Å². The molecule has 0 fully saturated rings. The van der Waals surface area contributed by atoms with Crippen LogP contribution in [0.2, 0.25) is 0 Å². The molecule has 0 unspecified atom stereocenters. The molecule has 2 heterocycles. The number of aliphatic hydroxyl groups excluding tert-OH is 1. The molecule has 1 radical (unpaired) electrons. The maximum Gasteiger partial charge on any atom is 0.164 e. The van der Waals surface area contributed by atoms with Crippen LogP contribution in [0.3, 0.4) is 0 Å². The van der Waals surface area contributed by atoms with E-state index in [1.807, 2.05) is 41.5 Å². The number of carbonyl (C=O) groups excluding carboxylic acids is 1. The predicted octanol–water partition coefficient (Wildman–Crippen LogP) is 11.7. The largest absolute Gasteiger partial charge is 0.512 e. The second kappa shape index (κ2) is 16.0. The molecule has 0 bridgehead atoms. The number of allylic oxidation sites excluding steroid dienone is 2. The first-order valence-corrected chi connectivity index (χ1v) is 17.9. The van der Waals surface area contributed by atoms with E-state index in [2.05, 4.69) is 98.3 Å². The van der Waals surface area contributed by atoms with Gasteiger partial charge in [-0.05, 0) is 60.9 Å². The Morgan fingerprint density at radius 2 is 1.46 bits per heavy atom. The fourth-order valence-corrected chi connectivity index (χ4v) is 6.63. The van der Waals surface area contributed by atoms with Gasteiger partial charge in [0, 0.05) is 55.1 Å². The quantitative estimate of drug-likeness (QED) is 0.0847. The van der Waals surface area contributed by atoms with Gasteiger partial charge >= 0.3 is 0 Å². The summed E-state index contributed by atoms with van der Waals surface area (Å²) < 4.78 is 2.23. The summed E-state index contributed by atoms with van der Waals surface area (Å²) >= 11 is 0. The molecular formula is C44H52IrN3O2-. The summed E-state index contributed by atoms with van der Waals surface area (Å²) in [5.41, 5.74) is 5.93. The summed E-state index contributed by atoms with van der Waals surface area (Å²) in [6.45, 7) is 16.6. The van der Waals surface area contributed by atoms with E-state index >= 15 is 0 Å². The number of rotatable bonds is 10. The molecule has 0 atom stereocenters. The van der Waals surface area contributed by atoms with E-state index in [4.69, 9.17) is 9.97 Å². The van der Waals surface area contributed by atoms with Crippen molar-refractivity contribution in [1.82, 2.24) is 14.5 Å². The van der Waals surface area contributed by atoms with Crippen molar-refractivity contribution in [2.75, 3.05) is 0 Å². The van der Waals surface area contributed by atoms with Crippen LogP contribution in [-0.2, 0) is 38.4 Å². The molecule has 0 aliphatic heterocycles. The first-order valence-electron chi connectivity index (χ1n) is 17.9. The molecule has 0 spiro atoms. The van der Waals surface area contributed by atoms with Crippen molar-refractivity contribution in [3.8, 4) is 11.3 Å². The van der Waals surface area contributed by atoms with Gasteiger partial charge in [0.1, 0.15) is 12.1 Å². The van der Waals surface area contributed by atoms with Crippen LogP contribution in [0.4, 0.5) is 0 Å². The number of benzene rings is 4. The summed E-state index contributed by atoms with van der Waals surface area (Å²) in [5.74, 6) is 0.859. The van der Waals surface area contributed by atoms with Gasteiger partial charge in [-0.25, -0.2) is 4.98 Å². The topological polar surface area (TPSA) is 68.0 Å². The zero-order valence-electron chi connectivity index (χ0n) is 31.1. The fraction of sp³-hybridized carbons (Fsp3) is 0.386. The van der Waals surface area contributed by atoms with Crippen molar-refractivity contribution < 1.29 is 30.0 Å². The van der Waals surface area contributed by atoms with Crippen LogP contribution in [0.15, 0.2) is 84.9 Å². The first kappa shape index (κ1) is 38.9. The summed E-state index contributed by atoms with van der Waals surface area (Å²) in [5, 5.41) is 16.2. The smallest absolute Gasteiger partial charge is 0.164 e. The van der Waals surface area contributed by atoms with Crippen molar-refractivity contribution in [1.29, 1.82) is 0 Å². The Morgan fingerprint density at radius 1 is 0.860 bits per heavy atom. The molecule has 6 rings (SSSR count). The minimum atomic E-state index is -0.337. The molecule has 4 aromatic carbocycles. The standard InChI is InChI=1S/C29H24N3.C15H28O2.Ir/c1-18(2)12-22-14-23(13-21-10-6-7-11-24(21)22)27-29-28(31-17-30-27)25-15-19-8-4-5-9-20(19)16-26(25)32(29)3;1-7-14(5,8-2)12(16)11-13(17)15(6,9-3)10-4;/h4-11,14-18H,12H2,1-3H3;11,16H,7-10H2,1-6H3;/q-1;;/b;12-11-;. The number of carbonyl (C=O) groups is 1. The minimum Gasteiger partial charge on any atom is -0.512 e. The molecule has 5 nitrogen and oxygen atoms in total. The Labute approximate surface area is 311 Å². The molecule has 1 N–H and O–H groups in total. The molecule has 265 valence electrons. The van der Waals surface area contributed by atoms with E-state index in [9.17, 15) is 9.90 Å². The zero-order chi connectivity index (χ0) is 35.5. The summed E-state index contributed by atoms with van der Waals surface area (Å²) in [6, 6.07) is 27.5.